The Morgan fingerprint density at radius 3 is 2.68 bits per heavy atom. The van der Waals surface area contributed by atoms with Gasteiger partial charge in [0.1, 0.15) is 11.7 Å². The van der Waals surface area contributed by atoms with E-state index in [9.17, 15) is 14.4 Å². The highest BCUT2D eigenvalue weighted by atomic mass is 35.5. The van der Waals surface area contributed by atoms with Gasteiger partial charge in [0.15, 0.2) is 0 Å². The number of benzene rings is 1. The first-order chi connectivity index (χ1) is 10.5. The Morgan fingerprint density at radius 2 is 2.05 bits per heavy atom. The number of imide groups is 1. The molecule has 3 rings (SSSR count). The summed E-state index contributed by atoms with van der Waals surface area (Å²) in [5, 5.41) is 0.532. The van der Waals surface area contributed by atoms with Gasteiger partial charge in [-0.1, -0.05) is 23.2 Å². The minimum absolute atomic E-state index is 0.00265. The van der Waals surface area contributed by atoms with Gasteiger partial charge in [-0.25, -0.2) is 15.1 Å². The Morgan fingerprint density at radius 1 is 1.32 bits per heavy atom. The molecule has 22 heavy (non-hydrogen) atoms. The molecular formula is C13H9Cl2N3O4. The van der Waals surface area contributed by atoms with Gasteiger partial charge in [0, 0.05) is 5.02 Å². The number of nitrogens with one attached hydrogen (secondary N) is 2. The number of rotatable bonds is 2. The van der Waals surface area contributed by atoms with E-state index in [-0.39, 0.29) is 22.0 Å². The van der Waals surface area contributed by atoms with Gasteiger partial charge >= 0.3 is 5.97 Å². The second-order valence-electron chi connectivity index (χ2n) is 4.56. The number of carbonyl (C=O) groups is 3. The van der Waals surface area contributed by atoms with Crippen LogP contribution in [0, 0.1) is 0 Å². The van der Waals surface area contributed by atoms with Crippen LogP contribution in [0.2, 0.25) is 10.0 Å². The first-order valence-electron chi connectivity index (χ1n) is 6.13. The quantitative estimate of drug-likeness (QED) is 0.610. The zero-order valence-electron chi connectivity index (χ0n) is 11.1. The molecule has 7 nitrogen and oxygen atoms in total. The summed E-state index contributed by atoms with van der Waals surface area (Å²) < 4.78 is 4.58. The summed E-state index contributed by atoms with van der Waals surface area (Å²) in [7, 11) is 1.18. The molecule has 0 aliphatic carbocycles. The highest BCUT2D eigenvalue weighted by Crippen LogP contribution is 2.35. The molecule has 1 saturated heterocycles. The predicted octanol–water partition coefficient (Wildman–Crippen LogP) is 0.770. The minimum Gasteiger partial charge on any atom is -0.464 e. The van der Waals surface area contributed by atoms with Crippen molar-refractivity contribution in [2.24, 2.45) is 0 Å². The summed E-state index contributed by atoms with van der Waals surface area (Å²) in [4.78, 5) is 37.5. The van der Waals surface area contributed by atoms with E-state index in [4.69, 9.17) is 23.2 Å². The molecule has 2 aliphatic heterocycles. The maximum Gasteiger partial charge on any atom is 0.356 e. The summed E-state index contributed by atoms with van der Waals surface area (Å²) in [5.41, 5.74) is 5.21. The molecular weight excluding hydrogens is 333 g/mol. The largest absolute Gasteiger partial charge is 0.464 e. The number of nitrogens with zero attached hydrogens (tertiary/aromatic N) is 1. The molecule has 1 aromatic carbocycles. The summed E-state index contributed by atoms with van der Waals surface area (Å²) in [6.07, 6.45) is 0. The Bertz CT molecular complexity index is 747. The van der Waals surface area contributed by atoms with Gasteiger partial charge in [-0.3, -0.25) is 9.59 Å². The fraction of sp³-hybridized carbons (Fsp3) is 0.154. The van der Waals surface area contributed by atoms with E-state index in [2.05, 4.69) is 15.6 Å². The lowest BCUT2D eigenvalue weighted by molar-refractivity contribution is -0.137. The Kier molecular flexibility index (Phi) is 3.56. The Labute approximate surface area is 134 Å². The van der Waals surface area contributed by atoms with Gasteiger partial charge in [0.25, 0.3) is 11.8 Å². The summed E-state index contributed by atoms with van der Waals surface area (Å²) in [6, 6.07) is 3.44. The first kappa shape index (κ1) is 14.8. The van der Waals surface area contributed by atoms with Crippen LogP contribution >= 0.6 is 23.2 Å². The maximum absolute atomic E-state index is 12.5. The Balaban J connectivity index is 2.08. The number of methoxy groups -OCH3 is 1. The molecule has 0 spiro atoms. The summed E-state index contributed by atoms with van der Waals surface area (Å²) in [6.45, 7) is 0. The van der Waals surface area contributed by atoms with Crippen LogP contribution < -0.4 is 15.8 Å². The molecule has 9 heteroatoms. The zero-order chi connectivity index (χ0) is 16.0. The number of esters is 1. The topological polar surface area (TPSA) is 87.7 Å². The molecule has 2 amide bonds. The van der Waals surface area contributed by atoms with Gasteiger partial charge in [0.05, 0.1) is 23.4 Å². The van der Waals surface area contributed by atoms with Crippen molar-refractivity contribution in [1.82, 2.24) is 10.9 Å². The smallest absolute Gasteiger partial charge is 0.356 e. The van der Waals surface area contributed by atoms with Gasteiger partial charge in [-0.05, 0) is 18.2 Å². The summed E-state index contributed by atoms with van der Waals surface area (Å²) >= 11 is 11.9. The molecule has 2 heterocycles. The highest BCUT2D eigenvalue weighted by Gasteiger charge is 2.50. The van der Waals surface area contributed by atoms with E-state index in [0.29, 0.717) is 5.02 Å². The average Bonchev–Trinajstić information content (AvgIpc) is 3.01. The number of ether oxygens (including phenoxy) is 1. The molecule has 1 aromatic rings. The molecule has 1 unspecified atom stereocenters. The van der Waals surface area contributed by atoms with Crippen LogP contribution in [0.25, 0.3) is 0 Å². The van der Waals surface area contributed by atoms with Crippen molar-refractivity contribution >= 4 is 46.7 Å². The Hall–Kier alpha value is -2.09. The van der Waals surface area contributed by atoms with E-state index >= 15 is 0 Å². The first-order valence-corrected chi connectivity index (χ1v) is 6.88. The van der Waals surface area contributed by atoms with Crippen LogP contribution in [-0.4, -0.2) is 30.9 Å². The normalized spacial score (nSPS) is 20.3. The van der Waals surface area contributed by atoms with Crippen molar-refractivity contribution in [1.29, 1.82) is 0 Å². The van der Waals surface area contributed by atoms with Crippen molar-refractivity contribution in [3.05, 3.63) is 39.5 Å². The van der Waals surface area contributed by atoms with Crippen molar-refractivity contribution in [3.8, 4) is 0 Å². The second-order valence-corrected chi connectivity index (χ2v) is 5.40. The van der Waals surface area contributed by atoms with Crippen LogP contribution in [0.1, 0.15) is 0 Å². The van der Waals surface area contributed by atoms with E-state index < -0.39 is 23.8 Å². The number of fused-ring (bicyclic) bond motifs is 1. The number of hydrogen-bond donors (Lipinski definition) is 2. The zero-order valence-corrected chi connectivity index (χ0v) is 12.7. The minimum atomic E-state index is -0.964. The van der Waals surface area contributed by atoms with Crippen LogP contribution in [0.3, 0.4) is 0 Å². The SMILES string of the molecule is COC(=O)C1=C2C(=O)N(c3ccc(Cl)cc3Cl)C(=O)C2NN1. The molecule has 2 aliphatic rings. The molecule has 114 valence electrons. The standard InChI is InChI=1S/C13H9Cl2N3O4/c1-22-13(21)10-8-9(16-17-10)12(20)18(11(8)19)7-3-2-5(14)4-6(7)15/h2-4,9,16-17H,1H3. The lowest BCUT2D eigenvalue weighted by atomic mass is 10.1. The van der Waals surface area contributed by atoms with Crippen molar-refractivity contribution < 1.29 is 19.1 Å². The average molecular weight is 342 g/mol. The number of anilines is 1. The highest BCUT2D eigenvalue weighted by molar-refractivity contribution is 6.40. The number of amides is 2. The third-order valence-corrected chi connectivity index (χ3v) is 3.88. The van der Waals surface area contributed by atoms with Crippen LogP contribution in [0.5, 0.6) is 0 Å². The van der Waals surface area contributed by atoms with Crippen molar-refractivity contribution in [2.75, 3.05) is 12.0 Å². The fourth-order valence-corrected chi connectivity index (χ4v) is 2.84. The predicted molar refractivity (Wildman–Crippen MR) is 78.1 cm³/mol. The van der Waals surface area contributed by atoms with Gasteiger partial charge in [-0.15, -0.1) is 0 Å². The fourth-order valence-electron chi connectivity index (χ4n) is 2.35. The van der Waals surface area contributed by atoms with Gasteiger partial charge in [0.2, 0.25) is 0 Å². The van der Waals surface area contributed by atoms with Crippen molar-refractivity contribution in [3.63, 3.8) is 0 Å². The molecule has 1 atom stereocenters. The molecule has 2 N–H and O–H groups in total. The maximum atomic E-state index is 12.5. The van der Waals surface area contributed by atoms with E-state index in [1.54, 1.807) is 0 Å². The van der Waals surface area contributed by atoms with Crippen molar-refractivity contribution in [2.45, 2.75) is 6.04 Å². The van der Waals surface area contributed by atoms with Crippen LogP contribution in [0.4, 0.5) is 5.69 Å². The monoisotopic (exact) mass is 341 g/mol. The molecule has 0 radical (unpaired) electrons. The number of carbonyl (C=O) groups excluding carboxylic acids is 3. The third kappa shape index (κ3) is 2.06. The summed E-state index contributed by atoms with van der Waals surface area (Å²) in [5.74, 6) is -1.93. The number of hydrogen-bond acceptors (Lipinski definition) is 6. The van der Waals surface area contributed by atoms with E-state index in [1.165, 1.54) is 25.3 Å². The van der Waals surface area contributed by atoms with Crippen LogP contribution in [-0.2, 0) is 19.1 Å². The lowest BCUT2D eigenvalue weighted by Gasteiger charge is -2.17. The molecule has 0 saturated carbocycles. The molecule has 0 bridgehead atoms. The lowest BCUT2D eigenvalue weighted by Crippen LogP contribution is -2.42. The van der Waals surface area contributed by atoms with E-state index in [1.807, 2.05) is 0 Å². The molecule has 1 fully saturated rings. The third-order valence-electron chi connectivity index (χ3n) is 3.34. The number of halogens is 2. The van der Waals surface area contributed by atoms with Crippen LogP contribution in [0.15, 0.2) is 29.5 Å². The van der Waals surface area contributed by atoms with Gasteiger partial charge < -0.3 is 10.2 Å². The second kappa shape index (κ2) is 5.28. The van der Waals surface area contributed by atoms with E-state index in [0.717, 1.165) is 4.90 Å². The van der Waals surface area contributed by atoms with Gasteiger partial charge in [-0.2, -0.15) is 0 Å². The molecule has 0 aromatic heterocycles. The number of hydrazine groups is 1.